The topological polar surface area (TPSA) is 46.0 Å². The second-order valence-electron chi connectivity index (χ2n) is 2.41. The van der Waals surface area contributed by atoms with Crippen LogP contribution in [0.3, 0.4) is 0 Å². The van der Waals surface area contributed by atoms with Gasteiger partial charge in [0.15, 0.2) is 10.3 Å². The number of rotatable bonds is 3. The maximum Gasteiger partial charge on any atom is 0.157 e. The number of halogens is 3. The van der Waals surface area contributed by atoms with E-state index in [4.69, 9.17) is 34.8 Å². The van der Waals surface area contributed by atoms with Crippen molar-refractivity contribution in [2.75, 3.05) is 5.88 Å². The van der Waals surface area contributed by atoms with Gasteiger partial charge in [0.2, 0.25) is 0 Å². The summed E-state index contributed by atoms with van der Waals surface area (Å²) in [6.07, 6.45) is -0.332. The Balaban J connectivity index is 2.91. The minimum atomic E-state index is -0.738. The van der Waals surface area contributed by atoms with E-state index in [-0.39, 0.29) is 10.3 Å². The number of aromatic nitrogens is 2. The van der Waals surface area contributed by atoms with Gasteiger partial charge in [-0.05, 0) is 12.5 Å². The van der Waals surface area contributed by atoms with E-state index in [0.717, 1.165) is 0 Å². The summed E-state index contributed by atoms with van der Waals surface area (Å²) in [4.78, 5) is 0. The van der Waals surface area contributed by atoms with E-state index in [1.54, 1.807) is 0 Å². The molecule has 1 heterocycles. The van der Waals surface area contributed by atoms with Crippen LogP contribution in [0.15, 0.2) is 6.07 Å². The molecular weight excluding hydrogens is 234 g/mol. The van der Waals surface area contributed by atoms with Gasteiger partial charge in [-0.3, -0.25) is 0 Å². The molecule has 13 heavy (non-hydrogen) atoms. The molecule has 0 fully saturated rings. The van der Waals surface area contributed by atoms with Crippen molar-refractivity contribution in [1.29, 1.82) is 0 Å². The van der Waals surface area contributed by atoms with E-state index < -0.39 is 6.10 Å². The molecular formula is C7H7Cl3N2O. The third-order valence-corrected chi connectivity index (χ3v) is 2.18. The van der Waals surface area contributed by atoms with Crippen molar-refractivity contribution in [3.05, 3.63) is 21.9 Å². The van der Waals surface area contributed by atoms with Gasteiger partial charge in [0, 0.05) is 11.4 Å². The van der Waals surface area contributed by atoms with E-state index >= 15 is 0 Å². The molecule has 0 aliphatic carbocycles. The van der Waals surface area contributed by atoms with Crippen LogP contribution >= 0.6 is 34.8 Å². The fourth-order valence-corrected chi connectivity index (χ4v) is 1.44. The fraction of sp³-hybridized carbons (Fsp3) is 0.429. The average Bonchev–Trinajstić information content (AvgIpc) is 2.09. The monoisotopic (exact) mass is 240 g/mol. The third-order valence-electron chi connectivity index (χ3n) is 1.49. The maximum absolute atomic E-state index is 9.53. The quantitative estimate of drug-likeness (QED) is 0.827. The van der Waals surface area contributed by atoms with Crippen LogP contribution in [0.1, 0.15) is 18.1 Å². The van der Waals surface area contributed by atoms with Gasteiger partial charge in [0.05, 0.1) is 6.10 Å². The smallest absolute Gasteiger partial charge is 0.157 e. The Hall–Kier alpha value is -0.0900. The molecule has 0 amide bonds. The highest BCUT2D eigenvalue weighted by molar-refractivity contribution is 6.31. The van der Waals surface area contributed by atoms with Crippen LogP contribution in [0.25, 0.3) is 0 Å². The Morgan fingerprint density at radius 1 is 1.38 bits per heavy atom. The minimum absolute atomic E-state index is 0.155. The summed E-state index contributed by atoms with van der Waals surface area (Å²) < 4.78 is 0. The zero-order valence-corrected chi connectivity index (χ0v) is 8.81. The van der Waals surface area contributed by atoms with Gasteiger partial charge in [-0.1, -0.05) is 23.2 Å². The first-order chi connectivity index (χ1) is 6.15. The number of alkyl halides is 1. The zero-order chi connectivity index (χ0) is 9.84. The number of aliphatic hydroxyl groups excluding tert-OH is 1. The summed E-state index contributed by atoms with van der Waals surface area (Å²) in [7, 11) is 0. The molecule has 0 aliphatic rings. The molecule has 0 saturated heterocycles. The molecule has 1 rings (SSSR count). The van der Waals surface area contributed by atoms with Crippen molar-refractivity contribution >= 4 is 34.8 Å². The van der Waals surface area contributed by atoms with Gasteiger partial charge in [0.25, 0.3) is 0 Å². The van der Waals surface area contributed by atoms with Gasteiger partial charge in [-0.2, -0.15) is 0 Å². The van der Waals surface area contributed by atoms with Crippen molar-refractivity contribution in [2.45, 2.75) is 12.5 Å². The lowest BCUT2D eigenvalue weighted by atomic mass is 10.1. The Morgan fingerprint density at radius 2 is 2.08 bits per heavy atom. The highest BCUT2D eigenvalue weighted by Gasteiger charge is 2.13. The van der Waals surface area contributed by atoms with Gasteiger partial charge >= 0.3 is 0 Å². The summed E-state index contributed by atoms with van der Waals surface area (Å²) in [6.45, 7) is 0. The molecule has 1 aromatic rings. The molecule has 0 saturated carbocycles. The lowest BCUT2D eigenvalue weighted by molar-refractivity contribution is 0.174. The first-order valence-electron chi connectivity index (χ1n) is 3.57. The Bertz CT molecular complexity index is 295. The molecule has 1 aromatic heterocycles. The third kappa shape index (κ3) is 2.95. The van der Waals surface area contributed by atoms with Gasteiger partial charge in [-0.25, -0.2) is 0 Å². The first-order valence-corrected chi connectivity index (χ1v) is 4.87. The largest absolute Gasteiger partial charge is 0.388 e. The highest BCUT2D eigenvalue weighted by Crippen LogP contribution is 2.24. The predicted octanol–water partition coefficient (Wildman–Crippen LogP) is 2.45. The summed E-state index contributed by atoms with van der Waals surface area (Å²) in [6, 6.07) is 1.48. The van der Waals surface area contributed by atoms with Crippen LogP contribution in [-0.4, -0.2) is 21.2 Å². The highest BCUT2D eigenvalue weighted by atomic mass is 35.5. The van der Waals surface area contributed by atoms with Crippen LogP contribution in [0.2, 0.25) is 10.3 Å². The second kappa shape index (κ2) is 4.96. The summed E-state index contributed by atoms with van der Waals surface area (Å²) >= 11 is 16.7. The summed E-state index contributed by atoms with van der Waals surface area (Å²) in [5, 5.41) is 17.0. The van der Waals surface area contributed by atoms with Gasteiger partial charge in [-0.15, -0.1) is 21.8 Å². The van der Waals surface area contributed by atoms with Crippen LogP contribution in [0.5, 0.6) is 0 Å². The fourth-order valence-electron chi connectivity index (χ4n) is 0.859. The Labute approximate surface area is 90.6 Å². The molecule has 0 unspecified atom stereocenters. The van der Waals surface area contributed by atoms with E-state index in [2.05, 4.69) is 10.2 Å². The molecule has 0 spiro atoms. The maximum atomic E-state index is 9.53. The van der Waals surface area contributed by atoms with Crippen LogP contribution in [-0.2, 0) is 0 Å². The molecule has 1 N–H and O–H groups in total. The molecule has 0 aliphatic heterocycles. The minimum Gasteiger partial charge on any atom is -0.388 e. The number of hydrogen-bond acceptors (Lipinski definition) is 3. The predicted molar refractivity (Wildman–Crippen MR) is 52.3 cm³/mol. The van der Waals surface area contributed by atoms with Crippen LogP contribution in [0.4, 0.5) is 0 Å². The summed E-state index contributed by atoms with van der Waals surface area (Å²) in [5.74, 6) is 0.345. The molecule has 6 heteroatoms. The number of hydrogen-bond donors (Lipinski definition) is 1. The van der Waals surface area contributed by atoms with E-state index in [0.29, 0.717) is 17.9 Å². The van der Waals surface area contributed by atoms with E-state index in [1.807, 2.05) is 0 Å². The molecule has 72 valence electrons. The summed E-state index contributed by atoms with van der Waals surface area (Å²) in [5.41, 5.74) is 0.460. The van der Waals surface area contributed by atoms with E-state index in [9.17, 15) is 5.11 Å². The van der Waals surface area contributed by atoms with Crippen LogP contribution < -0.4 is 0 Å². The lowest BCUT2D eigenvalue weighted by Crippen LogP contribution is -2.01. The molecule has 0 aromatic carbocycles. The Kier molecular flexibility index (Phi) is 4.19. The zero-order valence-electron chi connectivity index (χ0n) is 6.54. The van der Waals surface area contributed by atoms with Crippen LogP contribution in [0, 0.1) is 0 Å². The first kappa shape index (κ1) is 11.0. The van der Waals surface area contributed by atoms with Crippen molar-refractivity contribution in [1.82, 2.24) is 10.2 Å². The van der Waals surface area contributed by atoms with Crippen molar-refractivity contribution in [2.24, 2.45) is 0 Å². The number of nitrogens with zero attached hydrogens (tertiary/aromatic N) is 2. The molecule has 0 bridgehead atoms. The average molecular weight is 242 g/mol. The van der Waals surface area contributed by atoms with Crippen molar-refractivity contribution in [3.63, 3.8) is 0 Å². The lowest BCUT2D eigenvalue weighted by Gasteiger charge is -2.09. The van der Waals surface area contributed by atoms with Gasteiger partial charge in [0.1, 0.15) is 0 Å². The van der Waals surface area contributed by atoms with Crippen molar-refractivity contribution in [3.8, 4) is 0 Å². The molecule has 0 radical (unpaired) electrons. The second-order valence-corrected chi connectivity index (χ2v) is 3.53. The number of aliphatic hydroxyl groups is 1. The van der Waals surface area contributed by atoms with Gasteiger partial charge < -0.3 is 5.11 Å². The normalized spacial score (nSPS) is 12.9. The van der Waals surface area contributed by atoms with E-state index in [1.165, 1.54) is 6.07 Å². The molecule has 1 atom stereocenters. The standard InChI is InChI=1S/C7H7Cl3N2O/c8-2-1-5(13)4-3-6(9)11-12-7(4)10/h3,5,13H,1-2H2/t5-/m1/s1. The Morgan fingerprint density at radius 3 is 2.69 bits per heavy atom. The van der Waals surface area contributed by atoms with Crippen molar-refractivity contribution < 1.29 is 5.11 Å². The SMILES string of the molecule is O[C@H](CCCl)c1cc(Cl)nnc1Cl. The molecule has 3 nitrogen and oxygen atoms in total.